The average Bonchev–Trinajstić information content (AvgIpc) is 2.41. The second kappa shape index (κ2) is 6.59. The summed E-state index contributed by atoms with van der Waals surface area (Å²) in [6.07, 6.45) is 7.82. The van der Waals surface area contributed by atoms with Gasteiger partial charge in [-0.15, -0.1) is 0 Å². The lowest BCUT2D eigenvalue weighted by molar-refractivity contribution is -0.138. The maximum Gasteiger partial charge on any atom is 0.294 e. The molecule has 2 N–H and O–H groups in total. The topological polar surface area (TPSA) is 83.5 Å². The molecule has 4 aliphatic carbocycles. The van der Waals surface area contributed by atoms with Crippen LogP contribution >= 0.6 is 0 Å². The van der Waals surface area contributed by atoms with Crippen molar-refractivity contribution < 1.29 is 17.8 Å². The molecule has 1 amide bonds. The molecule has 150 valence electrons. The molecule has 0 radical (unpaired) electrons. The van der Waals surface area contributed by atoms with Crippen LogP contribution in [0.2, 0.25) is 0 Å². The van der Waals surface area contributed by atoms with Crippen LogP contribution in [0, 0.1) is 23.7 Å². The van der Waals surface area contributed by atoms with E-state index in [0.717, 1.165) is 11.5 Å². The van der Waals surface area contributed by atoms with Crippen LogP contribution in [-0.2, 0) is 14.9 Å². The van der Waals surface area contributed by atoms with E-state index in [0.29, 0.717) is 10.8 Å². The number of nitrogens with one attached hydrogen (secondary N) is 1. The third kappa shape index (κ3) is 4.54. The largest absolute Gasteiger partial charge is 0.351 e. The minimum atomic E-state index is -4.02. The Morgan fingerprint density at radius 3 is 1.96 bits per heavy atom. The Labute approximate surface area is 162 Å². The Hall–Kier alpha value is -1.40. The van der Waals surface area contributed by atoms with Crippen molar-refractivity contribution in [3.8, 4) is 0 Å². The zero-order valence-electron chi connectivity index (χ0n) is 16.7. The first-order valence-electron chi connectivity index (χ1n) is 9.65. The molecule has 27 heavy (non-hydrogen) atoms. The third-order valence-electron chi connectivity index (χ3n) is 6.39. The summed E-state index contributed by atoms with van der Waals surface area (Å²) >= 11 is 0. The molecular weight excluding hydrogens is 362 g/mol. The molecular formula is C21H31NO4S. The van der Waals surface area contributed by atoms with Crippen LogP contribution in [0.4, 0.5) is 0 Å². The monoisotopic (exact) mass is 393 g/mol. The Kier molecular flexibility index (Phi) is 4.96. The number of rotatable bonds is 2. The van der Waals surface area contributed by atoms with Gasteiger partial charge >= 0.3 is 0 Å². The SMILES string of the molecule is CC(=O)NC12CC3CC(C)(CC(C)(C3)C1)C2.Cc1ccc(S(=O)(=O)O)cc1. The summed E-state index contributed by atoms with van der Waals surface area (Å²) < 4.78 is 29.6. The molecule has 6 heteroatoms. The minimum absolute atomic E-state index is 0.0666. The molecule has 0 heterocycles. The maximum atomic E-state index is 11.4. The summed E-state index contributed by atoms with van der Waals surface area (Å²) in [4.78, 5) is 11.4. The van der Waals surface area contributed by atoms with E-state index in [2.05, 4.69) is 19.2 Å². The molecule has 0 aromatic heterocycles. The van der Waals surface area contributed by atoms with Crippen LogP contribution in [0.1, 0.15) is 64.9 Å². The van der Waals surface area contributed by atoms with Crippen molar-refractivity contribution in [3.63, 3.8) is 0 Å². The predicted octanol–water partition coefficient (Wildman–Crippen LogP) is 4.11. The van der Waals surface area contributed by atoms with E-state index in [1.54, 1.807) is 19.1 Å². The highest BCUT2D eigenvalue weighted by atomic mass is 32.2. The zero-order chi connectivity index (χ0) is 20.1. The molecule has 2 unspecified atom stereocenters. The summed E-state index contributed by atoms with van der Waals surface area (Å²) in [6.45, 7) is 8.38. The molecule has 4 aliphatic rings. The quantitative estimate of drug-likeness (QED) is 0.741. The van der Waals surface area contributed by atoms with Gasteiger partial charge in [-0.1, -0.05) is 31.5 Å². The van der Waals surface area contributed by atoms with Gasteiger partial charge in [0.1, 0.15) is 0 Å². The number of carbonyl (C=O) groups excluding carboxylic acids is 1. The smallest absolute Gasteiger partial charge is 0.294 e. The van der Waals surface area contributed by atoms with Gasteiger partial charge in [0.25, 0.3) is 10.1 Å². The van der Waals surface area contributed by atoms with Gasteiger partial charge in [0.05, 0.1) is 4.90 Å². The van der Waals surface area contributed by atoms with Crippen molar-refractivity contribution in [2.24, 2.45) is 16.7 Å². The average molecular weight is 394 g/mol. The Bertz CT molecular complexity index is 812. The van der Waals surface area contributed by atoms with Crippen LogP contribution in [0.15, 0.2) is 29.2 Å². The molecule has 1 aromatic rings. The first-order valence-corrected chi connectivity index (χ1v) is 11.1. The lowest BCUT2D eigenvalue weighted by Crippen LogP contribution is -2.64. The van der Waals surface area contributed by atoms with Crippen molar-refractivity contribution >= 4 is 16.0 Å². The lowest BCUT2D eigenvalue weighted by atomic mass is 9.43. The standard InChI is InChI=1S/C14H23NO.C7H8O3S/c1-10(16)15-14-6-11-4-12(2,8-14)7-13(3,5-11)9-14;1-6-2-4-7(5-3-6)11(8,9)10/h11H,4-9H2,1-3H3,(H,15,16);2-5H,1H3,(H,8,9,10). The first-order chi connectivity index (χ1) is 12.3. The van der Waals surface area contributed by atoms with E-state index >= 15 is 0 Å². The maximum absolute atomic E-state index is 11.4. The highest BCUT2D eigenvalue weighted by Gasteiger charge is 2.60. The van der Waals surface area contributed by atoms with E-state index in [1.165, 1.54) is 50.7 Å². The number of aryl methyl sites for hydroxylation is 1. The molecule has 5 nitrogen and oxygen atoms in total. The normalized spacial score (nSPS) is 36.7. The van der Waals surface area contributed by atoms with E-state index in [-0.39, 0.29) is 16.3 Å². The van der Waals surface area contributed by atoms with Crippen LogP contribution < -0.4 is 5.32 Å². The molecule has 0 aliphatic heterocycles. The number of hydrogen-bond acceptors (Lipinski definition) is 3. The van der Waals surface area contributed by atoms with Gasteiger partial charge in [-0.25, -0.2) is 0 Å². The predicted molar refractivity (Wildman–Crippen MR) is 105 cm³/mol. The first kappa shape index (κ1) is 20.3. The summed E-state index contributed by atoms with van der Waals surface area (Å²) in [5.41, 5.74) is 2.10. The van der Waals surface area contributed by atoms with Crippen LogP contribution in [0.5, 0.6) is 0 Å². The second-order valence-corrected chi connectivity index (χ2v) is 11.3. The van der Waals surface area contributed by atoms with Gasteiger partial charge in [-0.3, -0.25) is 9.35 Å². The lowest BCUT2D eigenvalue weighted by Gasteiger charge is -2.65. The van der Waals surface area contributed by atoms with Gasteiger partial charge in [-0.05, 0) is 74.3 Å². The molecule has 4 bridgehead atoms. The van der Waals surface area contributed by atoms with Gasteiger partial charge in [-0.2, -0.15) is 8.42 Å². The van der Waals surface area contributed by atoms with Gasteiger partial charge < -0.3 is 5.32 Å². The fourth-order valence-electron chi connectivity index (χ4n) is 6.67. The molecule has 4 saturated carbocycles. The van der Waals surface area contributed by atoms with Crippen molar-refractivity contribution in [1.82, 2.24) is 5.32 Å². The van der Waals surface area contributed by atoms with Crippen LogP contribution in [0.25, 0.3) is 0 Å². The van der Waals surface area contributed by atoms with E-state index in [1.807, 2.05) is 6.92 Å². The second-order valence-electron chi connectivity index (χ2n) is 9.88. The fourth-order valence-corrected chi connectivity index (χ4v) is 7.15. The molecule has 2 atom stereocenters. The summed E-state index contributed by atoms with van der Waals surface area (Å²) in [6, 6.07) is 5.99. The molecule has 0 saturated heterocycles. The molecule has 5 rings (SSSR count). The van der Waals surface area contributed by atoms with Crippen molar-refractivity contribution in [1.29, 1.82) is 0 Å². The van der Waals surface area contributed by atoms with Crippen molar-refractivity contribution in [3.05, 3.63) is 29.8 Å². The number of benzene rings is 1. The summed E-state index contributed by atoms with van der Waals surface area (Å²) in [5.74, 6) is 1.02. The Morgan fingerprint density at radius 1 is 1.04 bits per heavy atom. The molecule has 4 fully saturated rings. The van der Waals surface area contributed by atoms with Gasteiger partial charge in [0.15, 0.2) is 0 Å². The number of amides is 1. The Morgan fingerprint density at radius 2 is 1.56 bits per heavy atom. The van der Waals surface area contributed by atoms with Crippen molar-refractivity contribution in [2.75, 3.05) is 0 Å². The fraction of sp³-hybridized carbons (Fsp3) is 0.667. The van der Waals surface area contributed by atoms with E-state index in [9.17, 15) is 13.2 Å². The summed E-state index contributed by atoms with van der Waals surface area (Å²) in [7, 11) is -4.02. The highest BCUT2D eigenvalue weighted by molar-refractivity contribution is 7.85. The minimum Gasteiger partial charge on any atom is -0.351 e. The number of hydrogen-bond donors (Lipinski definition) is 2. The van der Waals surface area contributed by atoms with Crippen LogP contribution in [-0.4, -0.2) is 24.4 Å². The van der Waals surface area contributed by atoms with Crippen molar-refractivity contribution in [2.45, 2.75) is 76.7 Å². The number of carbonyl (C=O) groups is 1. The van der Waals surface area contributed by atoms with Crippen LogP contribution in [0.3, 0.4) is 0 Å². The molecule has 1 aromatic carbocycles. The summed E-state index contributed by atoms with van der Waals surface area (Å²) in [5, 5.41) is 3.30. The van der Waals surface area contributed by atoms with Gasteiger partial charge in [0.2, 0.25) is 5.91 Å². The van der Waals surface area contributed by atoms with Gasteiger partial charge in [0, 0.05) is 12.5 Å². The van der Waals surface area contributed by atoms with E-state index < -0.39 is 10.1 Å². The Balaban J connectivity index is 0.000000168. The highest BCUT2D eigenvalue weighted by Crippen LogP contribution is 2.66. The zero-order valence-corrected chi connectivity index (χ0v) is 17.5. The van der Waals surface area contributed by atoms with E-state index in [4.69, 9.17) is 4.55 Å². The molecule has 0 spiro atoms. The third-order valence-corrected chi connectivity index (χ3v) is 7.25.